The third-order valence-corrected chi connectivity index (χ3v) is 4.09. The summed E-state index contributed by atoms with van der Waals surface area (Å²) >= 11 is 9.96. The van der Waals surface area contributed by atoms with Crippen LogP contribution in [0.25, 0.3) is 0 Å². The van der Waals surface area contributed by atoms with Gasteiger partial charge in [0.2, 0.25) is 0 Å². The van der Waals surface area contributed by atoms with E-state index >= 15 is 0 Å². The molecular formula is C12H17Cl2O6P. The first-order chi connectivity index (χ1) is 9.90. The first kappa shape index (κ1) is 20.7. The van der Waals surface area contributed by atoms with Gasteiger partial charge in [0.25, 0.3) is 0 Å². The number of halogens is 2. The second-order valence-corrected chi connectivity index (χ2v) is 6.29. The molecule has 0 rings (SSSR count). The number of ether oxygens (including phenoxy) is 2. The summed E-state index contributed by atoms with van der Waals surface area (Å²) in [6.45, 7) is 3.68. The minimum absolute atomic E-state index is 0.106. The summed E-state index contributed by atoms with van der Waals surface area (Å²) in [6.07, 6.45) is 9.63. The van der Waals surface area contributed by atoms with Crippen LogP contribution in [0.4, 0.5) is 0 Å². The molecule has 0 spiro atoms. The van der Waals surface area contributed by atoms with E-state index in [1.54, 1.807) is 13.8 Å². The van der Waals surface area contributed by atoms with E-state index in [0.717, 1.165) is 0 Å². The summed E-state index contributed by atoms with van der Waals surface area (Å²) < 4.78 is 35.3. The molecule has 120 valence electrons. The van der Waals surface area contributed by atoms with Gasteiger partial charge in [-0.1, -0.05) is 11.8 Å². The van der Waals surface area contributed by atoms with Gasteiger partial charge in [-0.3, -0.25) is 4.52 Å². The average Bonchev–Trinajstić information content (AvgIpc) is 2.52. The molecule has 6 nitrogen and oxygen atoms in total. The molecule has 2 unspecified atom stereocenters. The Kier molecular flexibility index (Phi) is 11.2. The Morgan fingerprint density at radius 2 is 1.43 bits per heavy atom. The van der Waals surface area contributed by atoms with E-state index in [1.165, 1.54) is 0 Å². The topological polar surface area (TPSA) is 63.2 Å². The molecule has 9 heteroatoms. The smallest absolute Gasteiger partial charge is 0.365 e. The van der Waals surface area contributed by atoms with Gasteiger partial charge in [-0.25, -0.2) is 4.57 Å². The lowest BCUT2D eigenvalue weighted by atomic mass is 10.2. The van der Waals surface area contributed by atoms with Crippen LogP contribution in [-0.2, 0) is 26.7 Å². The van der Waals surface area contributed by atoms with Crippen LogP contribution in [0.3, 0.4) is 0 Å². The van der Waals surface area contributed by atoms with Crippen LogP contribution >= 0.6 is 31.6 Å². The molecule has 0 bridgehead atoms. The molecule has 0 saturated heterocycles. The van der Waals surface area contributed by atoms with Gasteiger partial charge in [0.15, 0.2) is 0 Å². The molecule has 0 heterocycles. The highest BCUT2D eigenvalue weighted by Gasteiger charge is 2.28. The Morgan fingerprint density at radius 1 is 1.00 bits per heavy atom. The van der Waals surface area contributed by atoms with E-state index in [0.29, 0.717) is 0 Å². The van der Waals surface area contributed by atoms with Crippen molar-refractivity contribution in [3.05, 3.63) is 0 Å². The zero-order valence-electron chi connectivity index (χ0n) is 11.7. The third kappa shape index (κ3) is 9.37. The molecule has 0 aliphatic heterocycles. The lowest BCUT2D eigenvalue weighted by Crippen LogP contribution is -2.25. The summed E-state index contributed by atoms with van der Waals surface area (Å²) in [5.74, 6) is 4.49. The molecule has 21 heavy (non-hydrogen) atoms. The summed E-state index contributed by atoms with van der Waals surface area (Å²) in [7, 11) is -4.00. The Labute approximate surface area is 135 Å². The molecule has 0 aromatic carbocycles. The Bertz CT molecular complexity index is 387. The van der Waals surface area contributed by atoms with Crippen LogP contribution in [0, 0.1) is 30.6 Å². The maximum Gasteiger partial charge on any atom is 0.507 e. The van der Waals surface area contributed by atoms with Gasteiger partial charge in [-0.2, -0.15) is 8.15 Å². The third-order valence-electron chi connectivity index (χ3n) is 2.27. The lowest BCUT2D eigenvalue weighted by molar-refractivity contribution is -0.00323. The molecule has 0 amide bonds. The van der Waals surface area contributed by atoms with Crippen LogP contribution in [0.15, 0.2) is 0 Å². The molecule has 0 radical (unpaired) electrons. The Morgan fingerprint density at radius 3 is 1.76 bits per heavy atom. The van der Waals surface area contributed by atoms with E-state index in [9.17, 15) is 4.57 Å². The van der Waals surface area contributed by atoms with Crippen LogP contribution in [0.1, 0.15) is 13.8 Å². The molecule has 2 atom stereocenters. The predicted molar refractivity (Wildman–Crippen MR) is 79.4 cm³/mol. The largest absolute Gasteiger partial charge is 0.507 e. The van der Waals surface area contributed by atoms with Gasteiger partial charge in [-0.15, -0.1) is 12.8 Å². The predicted octanol–water partition coefficient (Wildman–Crippen LogP) is 3.14. The van der Waals surface area contributed by atoms with Crippen molar-refractivity contribution in [2.75, 3.05) is 19.8 Å². The van der Waals surface area contributed by atoms with Crippen molar-refractivity contribution in [2.45, 2.75) is 26.1 Å². The van der Waals surface area contributed by atoms with Gasteiger partial charge in [0.1, 0.15) is 12.2 Å². The average molecular weight is 359 g/mol. The Balaban J connectivity index is 4.47. The first-order valence-electron chi connectivity index (χ1n) is 5.91. The van der Waals surface area contributed by atoms with Crippen molar-refractivity contribution in [1.29, 1.82) is 0 Å². The highest BCUT2D eigenvalue weighted by molar-refractivity contribution is 7.50. The molecule has 0 aromatic heterocycles. The first-order valence-corrected chi connectivity index (χ1v) is 7.99. The van der Waals surface area contributed by atoms with Crippen LogP contribution in [0.2, 0.25) is 0 Å². The minimum atomic E-state index is -4.00. The van der Waals surface area contributed by atoms with Crippen molar-refractivity contribution in [3.8, 4) is 24.7 Å². The second-order valence-electron chi connectivity index (χ2n) is 4.03. The summed E-state index contributed by atoms with van der Waals surface area (Å²) in [6, 6.07) is 0. The van der Waals surface area contributed by atoms with E-state index in [4.69, 9.17) is 50.6 Å². The van der Waals surface area contributed by atoms with Crippen molar-refractivity contribution in [1.82, 2.24) is 0 Å². The van der Waals surface area contributed by atoms with Crippen molar-refractivity contribution < 1.29 is 26.7 Å². The van der Waals surface area contributed by atoms with Crippen LogP contribution in [0.5, 0.6) is 0 Å². The minimum Gasteiger partial charge on any atom is -0.365 e. The van der Waals surface area contributed by atoms with Gasteiger partial charge in [0, 0.05) is 5.92 Å². The van der Waals surface area contributed by atoms with E-state index in [-0.39, 0.29) is 25.7 Å². The quantitative estimate of drug-likeness (QED) is 0.417. The van der Waals surface area contributed by atoms with Crippen molar-refractivity contribution in [2.24, 2.45) is 5.92 Å². The molecule has 0 saturated carbocycles. The summed E-state index contributed by atoms with van der Waals surface area (Å²) in [4.78, 5) is 0. The van der Waals surface area contributed by atoms with E-state index < -0.39 is 20.0 Å². The highest BCUT2D eigenvalue weighted by Crippen LogP contribution is 2.52. The number of hydrogen-bond acceptors (Lipinski definition) is 6. The molecular weight excluding hydrogens is 342 g/mol. The fraction of sp³-hybridized carbons (Fsp3) is 0.667. The van der Waals surface area contributed by atoms with Crippen LogP contribution in [-0.4, -0.2) is 32.0 Å². The normalized spacial score (nSPS) is 15.7. The highest BCUT2D eigenvalue weighted by atomic mass is 35.5. The zero-order valence-corrected chi connectivity index (χ0v) is 14.1. The molecule has 0 fully saturated rings. The van der Waals surface area contributed by atoms with E-state index in [1.807, 2.05) is 0 Å². The van der Waals surface area contributed by atoms with E-state index in [2.05, 4.69) is 20.0 Å². The number of rotatable bonds is 11. The molecule has 0 aliphatic rings. The maximum atomic E-state index is 11.6. The van der Waals surface area contributed by atoms with Gasteiger partial charge >= 0.3 is 7.82 Å². The molecule has 0 aliphatic carbocycles. The lowest BCUT2D eigenvalue weighted by Gasteiger charge is -2.20. The summed E-state index contributed by atoms with van der Waals surface area (Å²) in [5, 5.41) is 0. The standard InChI is InChI=1S/C12H17Cl2O6P/c1-5-10(3)16-7-12(8-17-11(4)6-2)9-18-21(15,19-13)20-14/h1-2,10-12H,7-9H2,3-4H3. The van der Waals surface area contributed by atoms with Gasteiger partial charge in [-0.05, 0) is 13.8 Å². The number of phosphoric acid groups is 1. The van der Waals surface area contributed by atoms with Crippen molar-refractivity contribution >= 4 is 31.6 Å². The number of terminal acetylenes is 2. The zero-order chi connectivity index (χ0) is 16.3. The SMILES string of the molecule is C#CC(C)OCC(COC(C)C#C)COP(=O)(OCl)OCl. The van der Waals surface area contributed by atoms with Gasteiger partial charge in [0.05, 0.1) is 43.6 Å². The van der Waals surface area contributed by atoms with Crippen LogP contribution < -0.4 is 0 Å². The monoisotopic (exact) mass is 358 g/mol. The maximum absolute atomic E-state index is 11.6. The molecule has 0 N–H and O–H groups in total. The molecule has 0 aromatic rings. The summed E-state index contributed by atoms with van der Waals surface area (Å²) in [5.41, 5.74) is 0. The van der Waals surface area contributed by atoms with Gasteiger partial charge < -0.3 is 9.47 Å². The fourth-order valence-corrected chi connectivity index (χ4v) is 2.04. The second kappa shape index (κ2) is 11.3. The number of hydrogen-bond donors (Lipinski definition) is 0. The van der Waals surface area contributed by atoms with Crippen molar-refractivity contribution in [3.63, 3.8) is 0 Å². The Hall–Kier alpha value is -0.270. The fourth-order valence-electron chi connectivity index (χ4n) is 1.05.